The smallest absolute Gasteiger partial charge is 0.119 e. The molecule has 0 saturated heterocycles. The van der Waals surface area contributed by atoms with Gasteiger partial charge in [-0.05, 0) is 51.3 Å². The molecule has 22 heavy (non-hydrogen) atoms. The van der Waals surface area contributed by atoms with Crippen LogP contribution in [0, 0.1) is 0 Å². The predicted molar refractivity (Wildman–Crippen MR) is 94.6 cm³/mol. The van der Waals surface area contributed by atoms with E-state index in [0.29, 0.717) is 0 Å². The molecule has 4 nitrogen and oxygen atoms in total. The maximum absolute atomic E-state index is 5.80. The van der Waals surface area contributed by atoms with Crippen LogP contribution in [-0.2, 0) is 6.54 Å². The lowest BCUT2D eigenvalue weighted by Crippen LogP contribution is -2.26. The van der Waals surface area contributed by atoms with Crippen molar-refractivity contribution in [2.45, 2.75) is 26.8 Å². The van der Waals surface area contributed by atoms with Gasteiger partial charge in [-0.1, -0.05) is 26.0 Å². The van der Waals surface area contributed by atoms with Crippen LogP contribution >= 0.6 is 0 Å². The van der Waals surface area contributed by atoms with Crippen molar-refractivity contribution in [3.8, 4) is 5.75 Å². The van der Waals surface area contributed by atoms with Crippen LogP contribution in [0.2, 0.25) is 0 Å². The molecule has 0 saturated carbocycles. The number of ether oxygens (including phenoxy) is 1. The van der Waals surface area contributed by atoms with Crippen molar-refractivity contribution >= 4 is 0 Å². The predicted octanol–water partition coefficient (Wildman–Crippen LogP) is 2.45. The normalized spacial score (nSPS) is 11.4. The third-order valence-electron chi connectivity index (χ3n) is 3.77. The maximum atomic E-state index is 5.80. The Morgan fingerprint density at radius 3 is 2.27 bits per heavy atom. The Kier molecular flexibility index (Phi) is 9.87. The molecule has 0 aliphatic carbocycles. The van der Waals surface area contributed by atoms with Gasteiger partial charge in [-0.3, -0.25) is 0 Å². The molecule has 0 unspecified atom stereocenters. The second-order valence-electron chi connectivity index (χ2n) is 5.85. The fourth-order valence-electron chi connectivity index (χ4n) is 2.26. The number of benzene rings is 1. The summed E-state index contributed by atoms with van der Waals surface area (Å²) in [4.78, 5) is 4.61. The number of nitrogens with zero attached hydrogens (tertiary/aromatic N) is 2. The Labute approximate surface area is 136 Å². The third kappa shape index (κ3) is 8.37. The van der Waals surface area contributed by atoms with Crippen molar-refractivity contribution in [3.05, 3.63) is 29.8 Å². The summed E-state index contributed by atoms with van der Waals surface area (Å²) in [5, 5.41) is 3.44. The molecule has 1 N–H and O–H groups in total. The zero-order valence-corrected chi connectivity index (χ0v) is 14.8. The topological polar surface area (TPSA) is 27.7 Å². The third-order valence-corrected chi connectivity index (χ3v) is 3.77. The van der Waals surface area contributed by atoms with Crippen molar-refractivity contribution in [3.63, 3.8) is 0 Å². The van der Waals surface area contributed by atoms with E-state index in [1.807, 2.05) is 0 Å². The van der Waals surface area contributed by atoms with E-state index in [0.717, 1.165) is 58.0 Å². The first-order valence-electron chi connectivity index (χ1n) is 8.45. The minimum atomic E-state index is 0.789. The van der Waals surface area contributed by atoms with Gasteiger partial charge in [0.2, 0.25) is 0 Å². The Bertz CT molecular complexity index is 374. The molecule has 126 valence electrons. The number of rotatable bonds is 12. The van der Waals surface area contributed by atoms with Gasteiger partial charge >= 0.3 is 0 Å². The molecule has 0 bridgehead atoms. The lowest BCUT2D eigenvalue weighted by atomic mass is 10.2. The minimum absolute atomic E-state index is 0.789. The minimum Gasteiger partial charge on any atom is -0.494 e. The van der Waals surface area contributed by atoms with Gasteiger partial charge in [-0.2, -0.15) is 0 Å². The van der Waals surface area contributed by atoms with E-state index in [2.05, 4.69) is 67.3 Å². The molecule has 0 atom stereocenters. The second kappa shape index (κ2) is 11.5. The van der Waals surface area contributed by atoms with E-state index in [9.17, 15) is 0 Å². The highest BCUT2D eigenvalue weighted by Gasteiger charge is 2.00. The molecular weight excluding hydrogens is 274 g/mol. The maximum Gasteiger partial charge on any atom is 0.119 e. The van der Waals surface area contributed by atoms with Crippen molar-refractivity contribution in [1.82, 2.24) is 15.1 Å². The first kappa shape index (κ1) is 18.9. The Morgan fingerprint density at radius 1 is 1.00 bits per heavy atom. The van der Waals surface area contributed by atoms with Gasteiger partial charge in [0.05, 0.1) is 6.61 Å². The summed E-state index contributed by atoms with van der Waals surface area (Å²) in [6.07, 6.45) is 1.08. The van der Waals surface area contributed by atoms with Gasteiger partial charge < -0.3 is 19.9 Å². The highest BCUT2D eigenvalue weighted by Crippen LogP contribution is 2.12. The SMILES string of the molecule is CCN(CC)CCCOc1ccc(CNCCN(C)C)cc1. The molecule has 0 heterocycles. The van der Waals surface area contributed by atoms with Gasteiger partial charge in [0, 0.05) is 26.2 Å². The summed E-state index contributed by atoms with van der Waals surface area (Å²) in [6, 6.07) is 8.42. The quantitative estimate of drug-likeness (QED) is 0.600. The molecule has 0 aromatic heterocycles. The molecule has 1 aromatic rings. The Hall–Kier alpha value is -1.10. The van der Waals surface area contributed by atoms with Crippen molar-refractivity contribution in [1.29, 1.82) is 0 Å². The summed E-state index contributed by atoms with van der Waals surface area (Å²) < 4.78 is 5.80. The standard InChI is InChI=1S/C18H33N3O/c1-5-21(6-2)13-7-15-22-18-10-8-17(9-11-18)16-19-12-14-20(3)4/h8-11,19H,5-7,12-16H2,1-4H3. The molecule has 0 spiro atoms. The molecular formula is C18H33N3O. The first-order valence-corrected chi connectivity index (χ1v) is 8.45. The monoisotopic (exact) mass is 307 g/mol. The van der Waals surface area contributed by atoms with Crippen LogP contribution in [-0.4, -0.2) is 63.2 Å². The number of hydrogen-bond acceptors (Lipinski definition) is 4. The van der Waals surface area contributed by atoms with Crippen molar-refractivity contribution in [2.24, 2.45) is 0 Å². The second-order valence-corrected chi connectivity index (χ2v) is 5.85. The largest absolute Gasteiger partial charge is 0.494 e. The Balaban J connectivity index is 2.18. The van der Waals surface area contributed by atoms with Crippen LogP contribution < -0.4 is 10.1 Å². The van der Waals surface area contributed by atoms with E-state index < -0.39 is 0 Å². The van der Waals surface area contributed by atoms with E-state index in [1.54, 1.807) is 0 Å². The number of hydrogen-bond donors (Lipinski definition) is 1. The highest BCUT2D eigenvalue weighted by atomic mass is 16.5. The van der Waals surface area contributed by atoms with Crippen LogP contribution in [0.4, 0.5) is 0 Å². The lowest BCUT2D eigenvalue weighted by molar-refractivity contribution is 0.249. The average Bonchev–Trinajstić information content (AvgIpc) is 2.53. The van der Waals surface area contributed by atoms with Crippen LogP contribution in [0.1, 0.15) is 25.8 Å². The Morgan fingerprint density at radius 2 is 1.68 bits per heavy atom. The van der Waals surface area contributed by atoms with Crippen molar-refractivity contribution in [2.75, 3.05) is 53.4 Å². The van der Waals surface area contributed by atoms with Gasteiger partial charge in [0.25, 0.3) is 0 Å². The fourth-order valence-corrected chi connectivity index (χ4v) is 2.26. The molecule has 0 aliphatic rings. The molecule has 0 amide bonds. The van der Waals surface area contributed by atoms with Crippen LogP contribution in [0.15, 0.2) is 24.3 Å². The number of nitrogens with one attached hydrogen (secondary N) is 1. The summed E-state index contributed by atoms with van der Waals surface area (Å²) in [6.45, 7) is 11.5. The summed E-state index contributed by atoms with van der Waals surface area (Å²) in [5.41, 5.74) is 1.30. The van der Waals surface area contributed by atoms with E-state index in [4.69, 9.17) is 4.74 Å². The van der Waals surface area contributed by atoms with Crippen LogP contribution in [0.3, 0.4) is 0 Å². The molecule has 1 aromatic carbocycles. The van der Waals surface area contributed by atoms with Crippen LogP contribution in [0.5, 0.6) is 5.75 Å². The zero-order chi connectivity index (χ0) is 16.2. The van der Waals surface area contributed by atoms with E-state index in [1.165, 1.54) is 5.56 Å². The molecule has 1 rings (SSSR count). The fraction of sp³-hybridized carbons (Fsp3) is 0.667. The van der Waals surface area contributed by atoms with Gasteiger partial charge in [-0.15, -0.1) is 0 Å². The summed E-state index contributed by atoms with van der Waals surface area (Å²) in [7, 11) is 4.18. The molecule has 4 heteroatoms. The lowest BCUT2D eigenvalue weighted by Gasteiger charge is -2.17. The zero-order valence-electron chi connectivity index (χ0n) is 14.8. The van der Waals surface area contributed by atoms with Gasteiger partial charge in [0.15, 0.2) is 0 Å². The molecule has 0 fully saturated rings. The van der Waals surface area contributed by atoms with Crippen molar-refractivity contribution < 1.29 is 4.74 Å². The average molecular weight is 307 g/mol. The summed E-state index contributed by atoms with van der Waals surface area (Å²) in [5.74, 6) is 0.969. The van der Waals surface area contributed by atoms with Crippen LogP contribution in [0.25, 0.3) is 0 Å². The molecule has 0 aliphatic heterocycles. The van der Waals surface area contributed by atoms with E-state index >= 15 is 0 Å². The number of likely N-dealkylation sites (N-methyl/N-ethyl adjacent to an activating group) is 1. The summed E-state index contributed by atoms with van der Waals surface area (Å²) >= 11 is 0. The van der Waals surface area contributed by atoms with Gasteiger partial charge in [0.1, 0.15) is 5.75 Å². The van der Waals surface area contributed by atoms with E-state index in [-0.39, 0.29) is 0 Å². The first-order chi connectivity index (χ1) is 10.7. The molecule has 0 radical (unpaired) electrons. The van der Waals surface area contributed by atoms with Gasteiger partial charge in [-0.25, -0.2) is 0 Å². The highest BCUT2D eigenvalue weighted by molar-refractivity contribution is 5.27.